The summed E-state index contributed by atoms with van der Waals surface area (Å²) in [5.74, 6) is -0.381. The zero-order chi connectivity index (χ0) is 29.7. The largest absolute Gasteiger partial charge is 0.352 e. The number of carbonyl (C=O) groups excluding carboxylic acids is 2. The zero-order valence-electron chi connectivity index (χ0n) is 24.1. The second-order valence-corrected chi connectivity index (χ2v) is 12.7. The van der Waals surface area contributed by atoms with Gasteiger partial charge in [-0.1, -0.05) is 91.9 Å². The molecule has 8 heteroatoms. The molecule has 0 fully saturated rings. The summed E-state index contributed by atoms with van der Waals surface area (Å²) in [5.41, 5.74) is 2.53. The van der Waals surface area contributed by atoms with Crippen molar-refractivity contribution in [1.29, 1.82) is 0 Å². The third kappa shape index (κ3) is 6.19. The summed E-state index contributed by atoms with van der Waals surface area (Å²) in [6.07, 6.45) is 1.57. The molecule has 218 valence electrons. The number of rotatable bonds is 12. The van der Waals surface area contributed by atoms with E-state index in [0.29, 0.717) is 23.4 Å². The number of nitrogens with zero attached hydrogens (tertiary/aromatic N) is 2. The lowest BCUT2D eigenvalue weighted by atomic mass is 10.0. The van der Waals surface area contributed by atoms with Gasteiger partial charge in [-0.15, -0.1) is 0 Å². The lowest BCUT2D eigenvalue weighted by Crippen LogP contribution is -2.52. The van der Waals surface area contributed by atoms with Crippen molar-refractivity contribution in [2.75, 3.05) is 10.8 Å². The standard InChI is InChI=1S/C34H37N3O4S/c1-3-25(2)35-34(39)30(23-26-13-6-4-7-14-26)36(24-27-15-8-5-9-16-27)32(38)21-12-22-37-29-19-10-17-28-18-11-20-31(33(28)29)42(37,40)41/h4-11,13-20,25,30H,3,12,21-24H2,1-2H3,(H,35,39). The minimum absolute atomic E-state index is 0.0332. The summed E-state index contributed by atoms with van der Waals surface area (Å²) in [4.78, 5) is 29.6. The molecule has 4 aromatic rings. The van der Waals surface area contributed by atoms with Crippen LogP contribution in [0.15, 0.2) is 102 Å². The highest BCUT2D eigenvalue weighted by molar-refractivity contribution is 7.93. The molecular formula is C34H37N3O4S. The fourth-order valence-electron chi connectivity index (χ4n) is 5.49. The van der Waals surface area contributed by atoms with E-state index in [2.05, 4.69) is 5.32 Å². The van der Waals surface area contributed by atoms with Crippen LogP contribution in [0.5, 0.6) is 0 Å². The van der Waals surface area contributed by atoms with Crippen molar-refractivity contribution in [3.05, 3.63) is 108 Å². The molecular weight excluding hydrogens is 546 g/mol. The first-order valence-electron chi connectivity index (χ1n) is 14.5. The first-order chi connectivity index (χ1) is 20.3. The number of benzene rings is 4. The molecule has 1 heterocycles. The second kappa shape index (κ2) is 12.8. The van der Waals surface area contributed by atoms with Gasteiger partial charge in [-0.05, 0) is 48.4 Å². The predicted molar refractivity (Wildman–Crippen MR) is 167 cm³/mol. The highest BCUT2D eigenvalue weighted by atomic mass is 32.2. The van der Waals surface area contributed by atoms with Crippen molar-refractivity contribution in [3.8, 4) is 0 Å². The van der Waals surface area contributed by atoms with Crippen molar-refractivity contribution < 1.29 is 18.0 Å². The van der Waals surface area contributed by atoms with Crippen LogP contribution in [-0.2, 0) is 32.6 Å². The smallest absolute Gasteiger partial charge is 0.265 e. The van der Waals surface area contributed by atoms with Gasteiger partial charge < -0.3 is 10.2 Å². The van der Waals surface area contributed by atoms with E-state index in [4.69, 9.17) is 0 Å². The molecule has 0 radical (unpaired) electrons. The average Bonchev–Trinajstić information content (AvgIpc) is 3.22. The van der Waals surface area contributed by atoms with Crippen LogP contribution in [0, 0.1) is 0 Å². The van der Waals surface area contributed by atoms with Gasteiger partial charge in [0.2, 0.25) is 11.8 Å². The maximum atomic E-state index is 14.0. The molecule has 2 unspecified atom stereocenters. The Kier molecular flexibility index (Phi) is 8.92. The average molecular weight is 584 g/mol. The topological polar surface area (TPSA) is 86.8 Å². The summed E-state index contributed by atoms with van der Waals surface area (Å²) < 4.78 is 28.3. The van der Waals surface area contributed by atoms with Gasteiger partial charge in [-0.2, -0.15) is 0 Å². The monoisotopic (exact) mass is 583 g/mol. The second-order valence-electron chi connectivity index (χ2n) is 10.8. The molecule has 0 bridgehead atoms. The van der Waals surface area contributed by atoms with Gasteiger partial charge in [-0.25, -0.2) is 8.42 Å². The summed E-state index contributed by atoms with van der Waals surface area (Å²) in [5, 5.41) is 4.68. The lowest BCUT2D eigenvalue weighted by molar-refractivity contribution is -0.141. The molecule has 1 N–H and O–H groups in total. The van der Waals surface area contributed by atoms with E-state index in [0.717, 1.165) is 28.3 Å². The van der Waals surface area contributed by atoms with Gasteiger partial charge in [0.05, 0.1) is 10.6 Å². The Morgan fingerprint density at radius 1 is 0.857 bits per heavy atom. The van der Waals surface area contributed by atoms with Crippen LogP contribution in [0.25, 0.3) is 10.8 Å². The molecule has 2 amide bonds. The first kappa shape index (κ1) is 29.3. The van der Waals surface area contributed by atoms with Gasteiger partial charge in [-0.3, -0.25) is 13.9 Å². The molecule has 2 atom stereocenters. The number of amides is 2. The fourth-order valence-corrected chi connectivity index (χ4v) is 7.24. The minimum atomic E-state index is -3.71. The Labute approximate surface area is 248 Å². The Morgan fingerprint density at radius 2 is 1.50 bits per heavy atom. The minimum Gasteiger partial charge on any atom is -0.352 e. The van der Waals surface area contributed by atoms with E-state index >= 15 is 0 Å². The molecule has 0 spiro atoms. The summed E-state index contributed by atoms with van der Waals surface area (Å²) >= 11 is 0. The van der Waals surface area contributed by atoms with Crippen LogP contribution in [0.1, 0.15) is 44.2 Å². The molecule has 0 saturated heterocycles. The molecule has 7 nitrogen and oxygen atoms in total. The Morgan fingerprint density at radius 3 is 2.17 bits per heavy atom. The van der Waals surface area contributed by atoms with Crippen LogP contribution in [-0.4, -0.2) is 43.8 Å². The number of carbonyl (C=O) groups is 2. The predicted octanol–water partition coefficient (Wildman–Crippen LogP) is 5.68. The van der Waals surface area contributed by atoms with Crippen molar-refractivity contribution in [2.45, 2.75) is 63.1 Å². The highest BCUT2D eigenvalue weighted by Gasteiger charge is 2.36. The third-order valence-electron chi connectivity index (χ3n) is 7.90. The van der Waals surface area contributed by atoms with Crippen molar-refractivity contribution >= 4 is 38.3 Å². The highest BCUT2D eigenvalue weighted by Crippen LogP contribution is 2.42. The van der Waals surface area contributed by atoms with Gasteiger partial charge in [0, 0.05) is 37.4 Å². The van der Waals surface area contributed by atoms with E-state index in [1.807, 2.05) is 98.8 Å². The molecule has 42 heavy (non-hydrogen) atoms. The number of sulfonamides is 1. The van der Waals surface area contributed by atoms with Gasteiger partial charge in [0.15, 0.2) is 0 Å². The van der Waals surface area contributed by atoms with Crippen molar-refractivity contribution in [3.63, 3.8) is 0 Å². The summed E-state index contributed by atoms with van der Waals surface area (Å²) in [7, 11) is -3.71. The van der Waals surface area contributed by atoms with Gasteiger partial charge in [0.1, 0.15) is 6.04 Å². The maximum absolute atomic E-state index is 14.0. The SMILES string of the molecule is CCC(C)NC(=O)C(Cc1ccccc1)N(Cc1ccccc1)C(=O)CCCN1c2cccc3cccc(c23)S1(=O)=O. The molecule has 4 aromatic carbocycles. The van der Waals surface area contributed by atoms with Crippen LogP contribution in [0.2, 0.25) is 0 Å². The lowest BCUT2D eigenvalue weighted by Gasteiger charge is -2.32. The molecule has 1 aliphatic heterocycles. The zero-order valence-corrected chi connectivity index (χ0v) is 24.9. The van der Waals surface area contributed by atoms with E-state index < -0.39 is 16.1 Å². The summed E-state index contributed by atoms with van der Waals surface area (Å²) in [6, 6.07) is 29.5. The first-order valence-corrected chi connectivity index (χ1v) is 16.0. The quantitative estimate of drug-likeness (QED) is 0.232. The number of hydrogen-bond donors (Lipinski definition) is 1. The molecule has 0 saturated carbocycles. The van der Waals surface area contributed by atoms with Crippen molar-refractivity contribution in [1.82, 2.24) is 10.2 Å². The van der Waals surface area contributed by atoms with E-state index in [-0.39, 0.29) is 37.4 Å². The number of hydrogen-bond acceptors (Lipinski definition) is 4. The summed E-state index contributed by atoms with van der Waals surface area (Å²) in [6.45, 7) is 4.41. The normalized spacial score (nSPS) is 14.9. The van der Waals surface area contributed by atoms with Crippen molar-refractivity contribution in [2.24, 2.45) is 0 Å². The molecule has 0 aliphatic carbocycles. The molecule has 5 rings (SSSR count). The fraction of sp³-hybridized carbons (Fsp3) is 0.294. The molecule has 0 aromatic heterocycles. The Balaban J connectivity index is 1.39. The van der Waals surface area contributed by atoms with Crippen LogP contribution >= 0.6 is 0 Å². The Bertz CT molecular complexity index is 1650. The van der Waals surface area contributed by atoms with Gasteiger partial charge in [0.25, 0.3) is 10.0 Å². The van der Waals surface area contributed by atoms with E-state index in [1.54, 1.807) is 17.0 Å². The number of anilines is 1. The maximum Gasteiger partial charge on any atom is 0.265 e. The van der Waals surface area contributed by atoms with E-state index in [9.17, 15) is 18.0 Å². The van der Waals surface area contributed by atoms with Crippen LogP contribution < -0.4 is 9.62 Å². The van der Waals surface area contributed by atoms with E-state index in [1.165, 1.54) is 4.31 Å². The van der Waals surface area contributed by atoms with Crippen LogP contribution in [0.4, 0.5) is 5.69 Å². The Hall–Kier alpha value is -4.17. The third-order valence-corrected chi connectivity index (χ3v) is 9.76. The van der Waals surface area contributed by atoms with Crippen LogP contribution in [0.3, 0.4) is 0 Å². The molecule has 1 aliphatic rings. The van der Waals surface area contributed by atoms with Gasteiger partial charge >= 0.3 is 0 Å². The number of nitrogens with one attached hydrogen (secondary N) is 1.